The van der Waals surface area contributed by atoms with Crippen LogP contribution in [0.15, 0.2) is 36.7 Å². The van der Waals surface area contributed by atoms with Gasteiger partial charge < -0.3 is 20.4 Å². The van der Waals surface area contributed by atoms with E-state index < -0.39 is 5.97 Å². The van der Waals surface area contributed by atoms with Crippen LogP contribution >= 0.6 is 0 Å². The van der Waals surface area contributed by atoms with Crippen LogP contribution in [-0.2, 0) is 0 Å². The number of nitrogens with one attached hydrogen (secondary N) is 3. The number of hydrogen-bond donors (Lipinski definition) is 4. The van der Waals surface area contributed by atoms with Crippen molar-refractivity contribution in [2.75, 3.05) is 12.4 Å². The van der Waals surface area contributed by atoms with E-state index in [1.165, 1.54) is 30.5 Å². The molecule has 0 saturated heterocycles. The van der Waals surface area contributed by atoms with Gasteiger partial charge in [0.15, 0.2) is 5.78 Å². The Morgan fingerprint density at radius 3 is 2.67 bits per heavy atom. The van der Waals surface area contributed by atoms with Gasteiger partial charge >= 0.3 is 5.97 Å². The maximum Gasteiger partial charge on any atom is 0.352 e. The van der Waals surface area contributed by atoms with Gasteiger partial charge in [-0.2, -0.15) is 0 Å². The summed E-state index contributed by atoms with van der Waals surface area (Å²) in [6.07, 6.45) is 5.90. The van der Waals surface area contributed by atoms with Gasteiger partial charge in [0, 0.05) is 36.0 Å². The van der Waals surface area contributed by atoms with Crippen molar-refractivity contribution in [1.29, 1.82) is 0 Å². The molecule has 0 saturated carbocycles. The van der Waals surface area contributed by atoms with E-state index in [-0.39, 0.29) is 22.9 Å². The van der Waals surface area contributed by atoms with Crippen molar-refractivity contribution < 1.29 is 19.1 Å². The van der Waals surface area contributed by atoms with Crippen LogP contribution in [0.25, 0.3) is 17.0 Å². The zero-order chi connectivity index (χ0) is 17.3. The molecule has 0 aliphatic heterocycles. The number of allylic oxidation sites excluding steroid dienone is 1. The molecular formula is C17H14FN3O3. The molecule has 4 N–H and O–H groups in total. The highest BCUT2D eigenvalue weighted by atomic mass is 19.1. The third kappa shape index (κ3) is 2.79. The molecule has 7 heteroatoms. The maximum absolute atomic E-state index is 13.7. The molecule has 2 heterocycles. The van der Waals surface area contributed by atoms with Crippen molar-refractivity contribution in [1.82, 2.24) is 9.97 Å². The van der Waals surface area contributed by atoms with Crippen LogP contribution in [0.4, 0.5) is 10.1 Å². The predicted octanol–water partition coefficient (Wildman–Crippen LogP) is 3.27. The number of hydrogen-bond acceptors (Lipinski definition) is 3. The van der Waals surface area contributed by atoms with Crippen LogP contribution in [0.2, 0.25) is 0 Å². The number of carboxylic acid groups (broad SMARTS) is 1. The van der Waals surface area contributed by atoms with Crippen molar-refractivity contribution in [3.05, 3.63) is 59.3 Å². The average molecular weight is 327 g/mol. The molecule has 0 unspecified atom stereocenters. The molecule has 24 heavy (non-hydrogen) atoms. The molecule has 0 amide bonds. The number of anilines is 1. The SMILES string of the molecule is CNc1cc(F)cc2c(/C=C/C(=O)c3c[nH]c(C(=O)O)c3)c[nH]c12. The number of H-pyrrole nitrogens is 2. The highest BCUT2D eigenvalue weighted by molar-refractivity contribution is 6.09. The second kappa shape index (κ2) is 6.04. The summed E-state index contributed by atoms with van der Waals surface area (Å²) in [5, 5.41) is 12.4. The molecule has 0 fully saturated rings. The second-order valence-electron chi connectivity index (χ2n) is 5.17. The molecule has 0 spiro atoms. The van der Waals surface area contributed by atoms with Crippen LogP contribution in [0.1, 0.15) is 26.4 Å². The monoisotopic (exact) mass is 327 g/mol. The highest BCUT2D eigenvalue weighted by Crippen LogP contribution is 2.27. The minimum Gasteiger partial charge on any atom is -0.477 e. The van der Waals surface area contributed by atoms with Gasteiger partial charge in [0.05, 0.1) is 11.2 Å². The van der Waals surface area contributed by atoms with Crippen LogP contribution in [-0.4, -0.2) is 33.9 Å². The number of carbonyl (C=O) groups is 2. The van der Waals surface area contributed by atoms with E-state index in [1.54, 1.807) is 19.3 Å². The lowest BCUT2D eigenvalue weighted by Gasteiger charge is -2.02. The lowest BCUT2D eigenvalue weighted by atomic mass is 10.1. The first-order chi connectivity index (χ1) is 11.5. The van der Waals surface area contributed by atoms with Crippen molar-refractivity contribution in [2.45, 2.75) is 0 Å². The number of benzene rings is 1. The van der Waals surface area contributed by atoms with Crippen molar-refractivity contribution in [2.24, 2.45) is 0 Å². The van der Waals surface area contributed by atoms with Crippen LogP contribution in [0.3, 0.4) is 0 Å². The average Bonchev–Trinajstić information content (AvgIpc) is 3.19. The van der Waals surface area contributed by atoms with Crippen molar-refractivity contribution >= 4 is 34.4 Å². The normalized spacial score (nSPS) is 11.2. The van der Waals surface area contributed by atoms with E-state index in [0.717, 1.165) is 5.52 Å². The fourth-order valence-electron chi connectivity index (χ4n) is 2.47. The van der Waals surface area contributed by atoms with E-state index in [0.29, 0.717) is 16.6 Å². The Hall–Kier alpha value is -3.35. The highest BCUT2D eigenvalue weighted by Gasteiger charge is 2.11. The fourth-order valence-corrected chi connectivity index (χ4v) is 2.47. The Morgan fingerprint density at radius 2 is 2.00 bits per heavy atom. The molecule has 0 aliphatic rings. The van der Waals surface area contributed by atoms with Gasteiger partial charge in [0.2, 0.25) is 0 Å². The minimum absolute atomic E-state index is 0.0559. The summed E-state index contributed by atoms with van der Waals surface area (Å²) in [5.41, 5.74) is 2.20. The van der Waals surface area contributed by atoms with Gasteiger partial charge in [-0.15, -0.1) is 0 Å². The number of rotatable bonds is 5. The summed E-state index contributed by atoms with van der Waals surface area (Å²) in [5.74, 6) is -1.87. The summed E-state index contributed by atoms with van der Waals surface area (Å²) in [7, 11) is 1.69. The predicted molar refractivity (Wildman–Crippen MR) is 88.9 cm³/mol. The second-order valence-corrected chi connectivity index (χ2v) is 5.17. The third-order valence-corrected chi connectivity index (χ3v) is 3.67. The van der Waals surface area contributed by atoms with Crippen LogP contribution in [0.5, 0.6) is 0 Å². The lowest BCUT2D eigenvalue weighted by molar-refractivity contribution is 0.0691. The number of aromatic nitrogens is 2. The van der Waals surface area contributed by atoms with Crippen LogP contribution in [0, 0.1) is 5.82 Å². The number of halogens is 1. The van der Waals surface area contributed by atoms with Crippen LogP contribution < -0.4 is 5.32 Å². The molecule has 6 nitrogen and oxygen atoms in total. The standard InChI is InChI=1S/C17H14FN3O3/c1-19-13-6-11(18)5-12-9(7-21-16(12)13)2-3-15(22)10-4-14(17(23)24)20-8-10/h2-8,19-21H,1H3,(H,23,24)/b3-2+. The molecule has 0 radical (unpaired) electrons. The van der Waals surface area contributed by atoms with Crippen molar-refractivity contribution in [3.8, 4) is 0 Å². The summed E-state index contributed by atoms with van der Waals surface area (Å²) < 4.78 is 13.7. The molecule has 3 rings (SSSR count). The molecule has 1 aromatic carbocycles. The van der Waals surface area contributed by atoms with Gasteiger partial charge in [0.1, 0.15) is 11.5 Å². The molecule has 0 atom stereocenters. The topological polar surface area (TPSA) is 98.0 Å². The number of carboxylic acids is 1. The van der Waals surface area contributed by atoms with Gasteiger partial charge in [-0.05, 0) is 30.4 Å². The van der Waals surface area contributed by atoms with Gasteiger partial charge in [0.25, 0.3) is 0 Å². The Labute approximate surface area is 136 Å². The fraction of sp³-hybridized carbons (Fsp3) is 0.0588. The zero-order valence-corrected chi connectivity index (χ0v) is 12.7. The largest absolute Gasteiger partial charge is 0.477 e. The van der Waals surface area contributed by atoms with E-state index in [1.807, 2.05) is 0 Å². The molecule has 122 valence electrons. The Bertz CT molecular complexity index is 969. The van der Waals surface area contributed by atoms with Gasteiger partial charge in [-0.1, -0.05) is 0 Å². The van der Waals surface area contributed by atoms with E-state index in [2.05, 4.69) is 15.3 Å². The minimum atomic E-state index is -1.13. The zero-order valence-electron chi connectivity index (χ0n) is 12.7. The number of aromatic amines is 2. The van der Waals surface area contributed by atoms with E-state index in [9.17, 15) is 14.0 Å². The van der Waals surface area contributed by atoms with E-state index >= 15 is 0 Å². The van der Waals surface area contributed by atoms with E-state index in [4.69, 9.17) is 5.11 Å². The van der Waals surface area contributed by atoms with Gasteiger partial charge in [-0.3, -0.25) is 4.79 Å². The first-order valence-electron chi connectivity index (χ1n) is 7.12. The quantitative estimate of drug-likeness (QED) is 0.427. The van der Waals surface area contributed by atoms with Crippen molar-refractivity contribution in [3.63, 3.8) is 0 Å². The Kier molecular flexibility index (Phi) is 3.91. The Balaban J connectivity index is 1.91. The summed E-state index contributed by atoms with van der Waals surface area (Å²) >= 11 is 0. The number of fused-ring (bicyclic) bond motifs is 1. The van der Waals surface area contributed by atoms with Gasteiger partial charge in [-0.25, -0.2) is 9.18 Å². The Morgan fingerprint density at radius 1 is 1.21 bits per heavy atom. The molecule has 0 bridgehead atoms. The summed E-state index contributed by atoms with van der Waals surface area (Å²) in [4.78, 5) is 28.5. The molecule has 2 aromatic heterocycles. The lowest BCUT2D eigenvalue weighted by Crippen LogP contribution is -1.95. The maximum atomic E-state index is 13.7. The molecular weight excluding hydrogens is 313 g/mol. The number of ketones is 1. The smallest absolute Gasteiger partial charge is 0.352 e. The first-order valence-corrected chi connectivity index (χ1v) is 7.12. The number of aromatic carboxylic acids is 1. The first kappa shape index (κ1) is 15.5. The summed E-state index contributed by atoms with van der Waals surface area (Å²) in [6.45, 7) is 0. The third-order valence-electron chi connectivity index (χ3n) is 3.67. The number of carbonyl (C=O) groups excluding carboxylic acids is 1. The molecule has 3 aromatic rings. The summed E-state index contributed by atoms with van der Waals surface area (Å²) in [6, 6.07) is 4.03. The molecule has 0 aliphatic carbocycles.